The van der Waals surface area contributed by atoms with Gasteiger partial charge < -0.3 is 19.1 Å². The number of hydrogen-bond acceptors (Lipinski definition) is 5. The minimum atomic E-state index is -0.579. The average Bonchev–Trinajstić information content (AvgIpc) is 2.67. The Morgan fingerprint density at radius 2 is 1.85 bits per heavy atom. The highest BCUT2D eigenvalue weighted by molar-refractivity contribution is 9.10. The molecule has 0 saturated carbocycles. The van der Waals surface area contributed by atoms with Gasteiger partial charge in [0.1, 0.15) is 13.2 Å². The SMILES string of the molecule is CN(Cc1ccccc1Br)C(=O)COC(=O)c1ccc2c(c1)OCCO2. The third kappa shape index (κ3) is 4.35. The number of nitrogens with zero attached hydrogens (tertiary/aromatic N) is 1. The molecular formula is C19H18BrNO5. The van der Waals surface area contributed by atoms with Crippen LogP contribution >= 0.6 is 15.9 Å². The first kappa shape index (κ1) is 18.3. The van der Waals surface area contributed by atoms with E-state index < -0.39 is 5.97 Å². The minimum absolute atomic E-state index is 0.286. The quantitative estimate of drug-likeness (QED) is 0.696. The van der Waals surface area contributed by atoms with Crippen molar-refractivity contribution in [3.8, 4) is 11.5 Å². The van der Waals surface area contributed by atoms with Gasteiger partial charge in [0.05, 0.1) is 5.56 Å². The molecule has 0 atom stereocenters. The van der Waals surface area contributed by atoms with Crippen molar-refractivity contribution in [2.75, 3.05) is 26.9 Å². The number of likely N-dealkylation sites (N-methyl/N-ethyl adjacent to an activating group) is 1. The number of rotatable bonds is 5. The number of benzene rings is 2. The molecule has 1 aliphatic rings. The summed E-state index contributed by atoms with van der Waals surface area (Å²) < 4.78 is 16.9. The van der Waals surface area contributed by atoms with Gasteiger partial charge in [-0.05, 0) is 29.8 Å². The zero-order valence-corrected chi connectivity index (χ0v) is 15.8. The summed E-state index contributed by atoms with van der Waals surface area (Å²) in [6.45, 7) is 1.01. The monoisotopic (exact) mass is 419 g/mol. The lowest BCUT2D eigenvalue weighted by atomic mass is 10.2. The normalized spacial score (nSPS) is 12.4. The highest BCUT2D eigenvalue weighted by Crippen LogP contribution is 2.30. The minimum Gasteiger partial charge on any atom is -0.486 e. The Balaban J connectivity index is 1.55. The van der Waals surface area contributed by atoms with Crippen LogP contribution in [-0.2, 0) is 16.1 Å². The molecule has 3 rings (SSSR count). The molecule has 0 fully saturated rings. The van der Waals surface area contributed by atoms with Crippen molar-refractivity contribution < 1.29 is 23.8 Å². The molecule has 1 amide bonds. The van der Waals surface area contributed by atoms with Gasteiger partial charge in [0.25, 0.3) is 5.91 Å². The molecule has 1 heterocycles. The van der Waals surface area contributed by atoms with Crippen LogP contribution in [0.25, 0.3) is 0 Å². The van der Waals surface area contributed by atoms with Gasteiger partial charge in [-0.1, -0.05) is 34.1 Å². The van der Waals surface area contributed by atoms with Crippen LogP contribution in [0, 0.1) is 0 Å². The number of ether oxygens (including phenoxy) is 3. The van der Waals surface area contributed by atoms with Crippen LogP contribution in [0.3, 0.4) is 0 Å². The zero-order valence-electron chi connectivity index (χ0n) is 14.2. The summed E-state index contributed by atoms with van der Waals surface area (Å²) in [7, 11) is 1.67. The lowest BCUT2D eigenvalue weighted by Gasteiger charge is -2.19. The molecule has 2 aromatic carbocycles. The Bertz CT molecular complexity index is 823. The van der Waals surface area contributed by atoms with Gasteiger partial charge in [0, 0.05) is 18.1 Å². The molecule has 1 aliphatic heterocycles. The van der Waals surface area contributed by atoms with Crippen molar-refractivity contribution in [3.05, 3.63) is 58.1 Å². The number of halogens is 1. The summed E-state index contributed by atoms with van der Waals surface area (Å²) in [6, 6.07) is 12.5. The third-order valence-corrected chi connectivity index (χ3v) is 4.67. The first-order chi connectivity index (χ1) is 12.5. The molecule has 0 radical (unpaired) electrons. The molecular weight excluding hydrogens is 402 g/mol. The van der Waals surface area contributed by atoms with E-state index in [9.17, 15) is 9.59 Å². The molecule has 0 unspecified atom stereocenters. The van der Waals surface area contributed by atoms with Gasteiger partial charge in [-0.25, -0.2) is 4.79 Å². The van der Waals surface area contributed by atoms with Gasteiger partial charge in [-0.2, -0.15) is 0 Å². The molecule has 26 heavy (non-hydrogen) atoms. The molecule has 0 aliphatic carbocycles. The fourth-order valence-electron chi connectivity index (χ4n) is 2.46. The average molecular weight is 420 g/mol. The molecule has 6 nitrogen and oxygen atoms in total. The fraction of sp³-hybridized carbons (Fsp3) is 0.263. The van der Waals surface area contributed by atoms with Crippen LogP contribution < -0.4 is 9.47 Å². The number of carbonyl (C=O) groups excluding carboxylic acids is 2. The second kappa shape index (κ2) is 8.23. The van der Waals surface area contributed by atoms with Gasteiger partial charge >= 0.3 is 5.97 Å². The molecule has 2 aromatic rings. The van der Waals surface area contributed by atoms with Crippen molar-refractivity contribution in [3.63, 3.8) is 0 Å². The lowest BCUT2D eigenvalue weighted by molar-refractivity contribution is -0.133. The van der Waals surface area contributed by atoms with E-state index in [4.69, 9.17) is 14.2 Å². The molecule has 0 aromatic heterocycles. The van der Waals surface area contributed by atoms with E-state index in [0.29, 0.717) is 36.8 Å². The summed E-state index contributed by atoms with van der Waals surface area (Å²) in [5.41, 5.74) is 1.29. The summed E-state index contributed by atoms with van der Waals surface area (Å²) in [4.78, 5) is 25.9. The van der Waals surface area contributed by atoms with Crippen LogP contribution in [0.4, 0.5) is 0 Å². The van der Waals surface area contributed by atoms with Crippen LogP contribution in [0.5, 0.6) is 11.5 Å². The van der Waals surface area contributed by atoms with Gasteiger partial charge in [-0.3, -0.25) is 4.79 Å². The molecule has 0 spiro atoms. The standard InChI is InChI=1S/C19H18BrNO5/c1-21(11-14-4-2-3-5-15(14)20)18(22)12-26-19(23)13-6-7-16-17(10-13)25-9-8-24-16/h2-7,10H,8-9,11-12H2,1H3. The largest absolute Gasteiger partial charge is 0.486 e. The Morgan fingerprint density at radius 3 is 2.62 bits per heavy atom. The second-order valence-corrected chi connectivity index (χ2v) is 6.63. The van der Waals surface area contributed by atoms with E-state index in [0.717, 1.165) is 10.0 Å². The number of amides is 1. The predicted molar refractivity (Wildman–Crippen MR) is 98.3 cm³/mol. The summed E-state index contributed by atoms with van der Waals surface area (Å²) in [5.74, 6) is 0.233. The van der Waals surface area contributed by atoms with Crippen LogP contribution in [0.15, 0.2) is 46.9 Å². The first-order valence-corrected chi connectivity index (χ1v) is 8.88. The molecule has 0 N–H and O–H groups in total. The van der Waals surface area contributed by atoms with Gasteiger partial charge in [0.2, 0.25) is 0 Å². The lowest BCUT2D eigenvalue weighted by Crippen LogP contribution is -2.31. The van der Waals surface area contributed by atoms with Crippen LogP contribution in [0.1, 0.15) is 15.9 Å². The fourth-order valence-corrected chi connectivity index (χ4v) is 2.87. The van der Waals surface area contributed by atoms with E-state index in [1.165, 1.54) is 4.90 Å². The maximum absolute atomic E-state index is 12.2. The van der Waals surface area contributed by atoms with E-state index >= 15 is 0 Å². The van der Waals surface area contributed by atoms with E-state index in [1.807, 2.05) is 24.3 Å². The molecule has 0 saturated heterocycles. The number of esters is 1. The number of carbonyl (C=O) groups is 2. The smallest absolute Gasteiger partial charge is 0.338 e. The van der Waals surface area contributed by atoms with Crippen molar-refractivity contribution in [1.29, 1.82) is 0 Å². The Kier molecular flexibility index (Phi) is 5.78. The third-order valence-electron chi connectivity index (χ3n) is 3.90. The van der Waals surface area contributed by atoms with E-state index in [-0.39, 0.29) is 12.5 Å². The van der Waals surface area contributed by atoms with E-state index in [1.54, 1.807) is 25.2 Å². The summed E-state index contributed by atoms with van der Waals surface area (Å²) in [5, 5.41) is 0. The predicted octanol–water partition coefficient (Wildman–Crippen LogP) is 3.04. The highest BCUT2D eigenvalue weighted by atomic mass is 79.9. The number of fused-ring (bicyclic) bond motifs is 1. The highest BCUT2D eigenvalue weighted by Gasteiger charge is 2.18. The summed E-state index contributed by atoms with van der Waals surface area (Å²) in [6.07, 6.45) is 0. The van der Waals surface area contributed by atoms with Gasteiger partial charge in [-0.15, -0.1) is 0 Å². The first-order valence-electron chi connectivity index (χ1n) is 8.09. The Hall–Kier alpha value is -2.54. The van der Waals surface area contributed by atoms with Crippen LogP contribution in [0.2, 0.25) is 0 Å². The van der Waals surface area contributed by atoms with Crippen LogP contribution in [-0.4, -0.2) is 43.6 Å². The molecule has 136 valence electrons. The molecule has 0 bridgehead atoms. The summed E-state index contributed by atoms with van der Waals surface area (Å²) >= 11 is 3.45. The molecule has 7 heteroatoms. The van der Waals surface area contributed by atoms with Crippen molar-refractivity contribution in [2.24, 2.45) is 0 Å². The van der Waals surface area contributed by atoms with E-state index in [2.05, 4.69) is 15.9 Å². The van der Waals surface area contributed by atoms with Crippen molar-refractivity contribution in [1.82, 2.24) is 4.90 Å². The second-order valence-electron chi connectivity index (χ2n) is 5.78. The van der Waals surface area contributed by atoms with Gasteiger partial charge in [0.15, 0.2) is 18.1 Å². The zero-order chi connectivity index (χ0) is 18.5. The van der Waals surface area contributed by atoms with Crippen molar-refractivity contribution >= 4 is 27.8 Å². The topological polar surface area (TPSA) is 65.1 Å². The maximum atomic E-state index is 12.2. The Labute approximate surface area is 159 Å². The maximum Gasteiger partial charge on any atom is 0.338 e. The Morgan fingerprint density at radius 1 is 1.12 bits per heavy atom. The number of hydrogen-bond donors (Lipinski definition) is 0. The van der Waals surface area contributed by atoms with Crippen molar-refractivity contribution in [2.45, 2.75) is 6.54 Å².